The van der Waals surface area contributed by atoms with E-state index in [-0.39, 0.29) is 0 Å². The maximum atomic E-state index is 2.84. The molecule has 1 heteroatoms. The van der Waals surface area contributed by atoms with E-state index in [1.807, 2.05) is 0 Å². The van der Waals surface area contributed by atoms with Crippen LogP contribution in [0.5, 0.6) is 0 Å². The fourth-order valence-electron chi connectivity index (χ4n) is 4.39. The zero-order chi connectivity index (χ0) is 14.6. The van der Waals surface area contributed by atoms with Crippen molar-refractivity contribution in [2.45, 2.75) is 71.8 Å². The van der Waals surface area contributed by atoms with Crippen molar-refractivity contribution in [2.24, 2.45) is 11.8 Å². The summed E-state index contributed by atoms with van der Waals surface area (Å²) >= 11 is 0. The quantitative estimate of drug-likeness (QED) is 0.641. The summed E-state index contributed by atoms with van der Waals surface area (Å²) in [7, 11) is 0. The summed E-state index contributed by atoms with van der Waals surface area (Å²) in [5.74, 6) is 1.78. The molecule has 0 radical (unpaired) electrons. The Labute approximate surface area is 126 Å². The molecule has 0 bridgehead atoms. The lowest BCUT2D eigenvalue weighted by Gasteiger charge is -2.43. The highest BCUT2D eigenvalue weighted by Crippen LogP contribution is 2.45. The smallest absolute Gasteiger partial charge is 0.0459 e. The van der Waals surface area contributed by atoms with E-state index in [2.05, 4.69) is 50.8 Å². The molecule has 0 amide bonds. The average Bonchev–Trinajstić information content (AvgIpc) is 2.68. The number of likely N-dealkylation sites (tertiary alicyclic amines) is 1. The second-order valence-electron chi connectivity index (χ2n) is 7.15. The number of rotatable bonds is 3. The molecular weight excluding hydrogens is 242 g/mol. The second kappa shape index (κ2) is 6.93. The molecule has 1 aliphatic carbocycles. The summed E-state index contributed by atoms with van der Waals surface area (Å²) in [5.41, 5.74) is 1.91. The van der Waals surface area contributed by atoms with Gasteiger partial charge < -0.3 is 0 Å². The van der Waals surface area contributed by atoms with E-state index < -0.39 is 0 Å². The van der Waals surface area contributed by atoms with Gasteiger partial charge in [0.15, 0.2) is 0 Å². The van der Waals surface area contributed by atoms with Crippen molar-refractivity contribution < 1.29 is 0 Å². The second-order valence-corrected chi connectivity index (χ2v) is 7.15. The first-order valence-corrected chi connectivity index (χ1v) is 8.67. The van der Waals surface area contributed by atoms with E-state index in [4.69, 9.17) is 0 Å². The Morgan fingerprint density at radius 1 is 1.05 bits per heavy atom. The summed E-state index contributed by atoms with van der Waals surface area (Å²) in [6.45, 7) is 11.8. The minimum atomic E-state index is 0.338. The van der Waals surface area contributed by atoms with Crippen LogP contribution in [0.3, 0.4) is 0 Å². The number of nitrogens with zero attached hydrogens (tertiary/aromatic N) is 1. The molecule has 2 aliphatic rings. The Kier molecular flexibility index (Phi) is 5.49. The summed E-state index contributed by atoms with van der Waals surface area (Å²) in [4.78, 5) is 2.84. The molecule has 1 heterocycles. The lowest BCUT2D eigenvalue weighted by atomic mass is 9.84. The molecule has 2 rings (SSSR count). The van der Waals surface area contributed by atoms with Gasteiger partial charge in [-0.1, -0.05) is 32.1 Å². The normalized spacial score (nSPS) is 37.5. The van der Waals surface area contributed by atoms with Gasteiger partial charge in [-0.2, -0.15) is 0 Å². The SMILES string of the molecule is C/C=C\C(=C/C)C1(N2CCCC(C)CC2)CCC(C)C1. The number of hydrogen-bond acceptors (Lipinski definition) is 1. The van der Waals surface area contributed by atoms with Crippen LogP contribution < -0.4 is 0 Å². The molecule has 0 aromatic heterocycles. The highest BCUT2D eigenvalue weighted by Gasteiger charge is 2.44. The molecule has 114 valence electrons. The third-order valence-electron chi connectivity index (χ3n) is 5.55. The van der Waals surface area contributed by atoms with Gasteiger partial charge in [-0.3, -0.25) is 4.90 Å². The van der Waals surface area contributed by atoms with E-state index in [1.165, 1.54) is 51.6 Å². The first-order valence-electron chi connectivity index (χ1n) is 8.67. The van der Waals surface area contributed by atoms with Crippen LogP contribution in [0, 0.1) is 11.8 Å². The largest absolute Gasteiger partial charge is 0.294 e. The average molecular weight is 275 g/mol. The maximum Gasteiger partial charge on any atom is 0.0459 e. The first-order chi connectivity index (χ1) is 9.62. The van der Waals surface area contributed by atoms with Crippen LogP contribution in [0.2, 0.25) is 0 Å². The van der Waals surface area contributed by atoms with Gasteiger partial charge in [-0.05, 0) is 82.9 Å². The summed E-state index contributed by atoms with van der Waals surface area (Å²) in [6.07, 6.45) is 15.2. The lowest BCUT2D eigenvalue weighted by Crippen LogP contribution is -2.48. The van der Waals surface area contributed by atoms with Crippen LogP contribution in [-0.4, -0.2) is 23.5 Å². The predicted octanol–water partition coefficient (Wildman–Crippen LogP) is 5.19. The van der Waals surface area contributed by atoms with Gasteiger partial charge in [-0.25, -0.2) is 0 Å². The van der Waals surface area contributed by atoms with Crippen molar-refractivity contribution in [1.29, 1.82) is 0 Å². The fraction of sp³-hybridized carbons (Fsp3) is 0.789. The third kappa shape index (κ3) is 3.19. The van der Waals surface area contributed by atoms with Crippen LogP contribution in [0.1, 0.15) is 66.2 Å². The molecule has 0 aromatic carbocycles. The molecule has 1 saturated carbocycles. The minimum Gasteiger partial charge on any atom is -0.294 e. The molecule has 2 fully saturated rings. The monoisotopic (exact) mass is 275 g/mol. The van der Waals surface area contributed by atoms with Gasteiger partial charge in [0.2, 0.25) is 0 Å². The van der Waals surface area contributed by atoms with Crippen molar-refractivity contribution in [3.63, 3.8) is 0 Å². The van der Waals surface area contributed by atoms with Crippen LogP contribution in [-0.2, 0) is 0 Å². The molecule has 1 saturated heterocycles. The van der Waals surface area contributed by atoms with E-state index in [1.54, 1.807) is 5.57 Å². The van der Waals surface area contributed by atoms with E-state index in [0.29, 0.717) is 5.54 Å². The van der Waals surface area contributed by atoms with Crippen LogP contribution in [0.4, 0.5) is 0 Å². The topological polar surface area (TPSA) is 3.24 Å². The highest BCUT2D eigenvalue weighted by molar-refractivity contribution is 5.33. The van der Waals surface area contributed by atoms with Gasteiger partial charge in [0.1, 0.15) is 0 Å². The zero-order valence-corrected chi connectivity index (χ0v) is 14.0. The van der Waals surface area contributed by atoms with Crippen molar-refractivity contribution in [3.8, 4) is 0 Å². The summed E-state index contributed by atoms with van der Waals surface area (Å²) < 4.78 is 0. The molecule has 1 aliphatic heterocycles. The molecule has 3 atom stereocenters. The van der Waals surface area contributed by atoms with Crippen LogP contribution in [0.15, 0.2) is 23.8 Å². The molecule has 0 N–H and O–H groups in total. The molecule has 3 unspecified atom stereocenters. The molecule has 0 spiro atoms. The Bertz CT molecular complexity index is 368. The predicted molar refractivity (Wildman–Crippen MR) is 88.9 cm³/mol. The third-order valence-corrected chi connectivity index (χ3v) is 5.55. The van der Waals surface area contributed by atoms with E-state index >= 15 is 0 Å². The van der Waals surface area contributed by atoms with Gasteiger partial charge in [0.25, 0.3) is 0 Å². The zero-order valence-electron chi connectivity index (χ0n) is 14.0. The molecular formula is C19H33N. The minimum absolute atomic E-state index is 0.338. The Morgan fingerprint density at radius 2 is 1.85 bits per heavy atom. The number of hydrogen-bond donors (Lipinski definition) is 0. The van der Waals surface area contributed by atoms with Crippen molar-refractivity contribution in [3.05, 3.63) is 23.8 Å². The Balaban J connectivity index is 2.27. The first kappa shape index (κ1) is 15.8. The summed E-state index contributed by atoms with van der Waals surface area (Å²) in [5, 5.41) is 0. The fourth-order valence-corrected chi connectivity index (χ4v) is 4.39. The van der Waals surface area contributed by atoms with Gasteiger partial charge in [0.05, 0.1) is 0 Å². The van der Waals surface area contributed by atoms with Crippen molar-refractivity contribution >= 4 is 0 Å². The van der Waals surface area contributed by atoms with E-state index in [0.717, 1.165) is 11.8 Å². The van der Waals surface area contributed by atoms with Crippen molar-refractivity contribution in [1.82, 2.24) is 4.90 Å². The molecule has 0 aromatic rings. The maximum absolute atomic E-state index is 2.84. The summed E-state index contributed by atoms with van der Waals surface area (Å²) in [6, 6.07) is 0. The molecule has 20 heavy (non-hydrogen) atoms. The van der Waals surface area contributed by atoms with Crippen LogP contribution in [0.25, 0.3) is 0 Å². The van der Waals surface area contributed by atoms with E-state index in [9.17, 15) is 0 Å². The van der Waals surface area contributed by atoms with Gasteiger partial charge in [-0.15, -0.1) is 0 Å². The highest BCUT2D eigenvalue weighted by atomic mass is 15.2. The van der Waals surface area contributed by atoms with Crippen molar-refractivity contribution in [2.75, 3.05) is 13.1 Å². The Morgan fingerprint density at radius 3 is 2.45 bits per heavy atom. The number of allylic oxidation sites excluding steroid dienone is 2. The lowest BCUT2D eigenvalue weighted by molar-refractivity contribution is 0.127. The Hall–Kier alpha value is -0.560. The van der Waals surface area contributed by atoms with Gasteiger partial charge >= 0.3 is 0 Å². The standard InChI is InChI=1S/C19H33N/c1-5-8-18(6-2)19(12-10-17(4)15-19)20-13-7-9-16(3)11-14-20/h5-6,8,16-17H,7,9-15H2,1-4H3/b8-5-,18-6+. The van der Waals surface area contributed by atoms with Crippen LogP contribution >= 0.6 is 0 Å². The molecule has 1 nitrogen and oxygen atoms in total. The van der Waals surface area contributed by atoms with Gasteiger partial charge in [0, 0.05) is 5.54 Å².